The molecular weight excluding hydrogens is 202 g/mol. The molecule has 4 heteroatoms. The number of benzene rings is 1. The van der Waals surface area contributed by atoms with Gasteiger partial charge in [-0.15, -0.1) is 0 Å². The summed E-state index contributed by atoms with van der Waals surface area (Å²) in [6.45, 7) is 0. The lowest BCUT2D eigenvalue weighted by Gasteiger charge is -2.09. The van der Waals surface area contributed by atoms with Crippen LogP contribution in [0.5, 0.6) is 11.5 Å². The highest BCUT2D eigenvalue weighted by Crippen LogP contribution is 2.33. The first-order valence-corrected chi connectivity index (χ1v) is 4.38. The lowest BCUT2D eigenvalue weighted by Crippen LogP contribution is -1.93. The van der Waals surface area contributed by atoms with Crippen LogP contribution in [-0.4, -0.2) is 14.2 Å². The molecule has 0 spiro atoms. The first-order valence-electron chi connectivity index (χ1n) is 4.00. The maximum absolute atomic E-state index is 8.55. The molecule has 0 amide bonds. The molecule has 0 atom stereocenters. The smallest absolute Gasteiger partial charge is 0.162 e. The number of hydrogen-bond acceptors (Lipinski definition) is 3. The Morgan fingerprint density at radius 1 is 1.29 bits per heavy atom. The van der Waals surface area contributed by atoms with Gasteiger partial charge in [-0.2, -0.15) is 5.26 Å². The number of rotatable bonds is 3. The summed E-state index contributed by atoms with van der Waals surface area (Å²) in [5.74, 6) is 1.15. The Kier molecular flexibility index (Phi) is 3.61. The number of nitrogens with zero attached hydrogens (tertiary/aromatic N) is 1. The fourth-order valence-corrected chi connectivity index (χ4v) is 1.34. The lowest BCUT2D eigenvalue weighted by molar-refractivity contribution is 0.354. The van der Waals surface area contributed by atoms with Gasteiger partial charge in [-0.05, 0) is 11.6 Å². The first kappa shape index (κ1) is 10.7. The van der Waals surface area contributed by atoms with Gasteiger partial charge in [0.1, 0.15) is 0 Å². The Morgan fingerprint density at radius 2 is 1.86 bits per heavy atom. The van der Waals surface area contributed by atoms with Crippen LogP contribution in [0.15, 0.2) is 12.1 Å². The second-order valence-electron chi connectivity index (χ2n) is 2.63. The Labute approximate surface area is 87.8 Å². The zero-order valence-corrected chi connectivity index (χ0v) is 8.76. The number of nitriles is 1. The molecule has 1 aromatic carbocycles. The number of methoxy groups -OCH3 is 2. The van der Waals surface area contributed by atoms with E-state index in [1.165, 1.54) is 7.11 Å². The molecule has 14 heavy (non-hydrogen) atoms. The van der Waals surface area contributed by atoms with E-state index in [1.807, 2.05) is 6.07 Å². The Balaban J connectivity index is 3.17. The fourth-order valence-electron chi connectivity index (χ4n) is 1.12. The van der Waals surface area contributed by atoms with Crippen molar-refractivity contribution in [1.82, 2.24) is 0 Å². The van der Waals surface area contributed by atoms with Gasteiger partial charge >= 0.3 is 0 Å². The predicted molar refractivity (Wildman–Crippen MR) is 53.9 cm³/mol. The topological polar surface area (TPSA) is 42.2 Å². The monoisotopic (exact) mass is 211 g/mol. The van der Waals surface area contributed by atoms with E-state index >= 15 is 0 Å². The van der Waals surface area contributed by atoms with Crippen molar-refractivity contribution in [1.29, 1.82) is 5.26 Å². The molecule has 0 saturated carbocycles. The minimum atomic E-state index is 0.263. The fraction of sp³-hybridized carbons (Fsp3) is 0.300. The molecule has 0 aliphatic carbocycles. The SMILES string of the molecule is COc1cc(Cl)c(CC#N)cc1OC. The van der Waals surface area contributed by atoms with Crippen LogP contribution in [0, 0.1) is 11.3 Å². The van der Waals surface area contributed by atoms with Gasteiger partial charge in [-0.1, -0.05) is 11.6 Å². The van der Waals surface area contributed by atoms with E-state index in [2.05, 4.69) is 0 Å². The van der Waals surface area contributed by atoms with Crippen molar-refractivity contribution >= 4 is 11.6 Å². The summed E-state index contributed by atoms with van der Waals surface area (Å²) in [6, 6.07) is 5.39. The molecule has 3 nitrogen and oxygen atoms in total. The molecule has 0 fully saturated rings. The van der Waals surface area contributed by atoms with Crippen molar-refractivity contribution < 1.29 is 9.47 Å². The van der Waals surface area contributed by atoms with Crippen molar-refractivity contribution in [3.8, 4) is 17.6 Å². The molecule has 1 aromatic rings. The van der Waals surface area contributed by atoms with E-state index in [0.717, 1.165) is 5.56 Å². The van der Waals surface area contributed by atoms with Gasteiger partial charge in [0, 0.05) is 11.1 Å². The number of ether oxygens (including phenoxy) is 2. The Hall–Kier alpha value is -1.40. The van der Waals surface area contributed by atoms with E-state index in [9.17, 15) is 0 Å². The third-order valence-electron chi connectivity index (χ3n) is 1.82. The summed E-state index contributed by atoms with van der Waals surface area (Å²) >= 11 is 5.93. The summed E-state index contributed by atoms with van der Waals surface area (Å²) in [4.78, 5) is 0. The van der Waals surface area contributed by atoms with Crippen molar-refractivity contribution in [2.45, 2.75) is 6.42 Å². The van der Waals surface area contributed by atoms with Gasteiger partial charge in [0.25, 0.3) is 0 Å². The van der Waals surface area contributed by atoms with Crippen LogP contribution in [0.1, 0.15) is 5.56 Å². The molecule has 0 N–H and O–H groups in total. The highest BCUT2D eigenvalue weighted by Gasteiger charge is 2.08. The molecule has 74 valence electrons. The van der Waals surface area contributed by atoms with E-state index in [-0.39, 0.29) is 6.42 Å². The molecule has 0 aliphatic heterocycles. The average Bonchev–Trinajstić information content (AvgIpc) is 2.20. The summed E-state index contributed by atoms with van der Waals surface area (Å²) in [6.07, 6.45) is 0.263. The Bertz CT molecular complexity index is 371. The van der Waals surface area contributed by atoms with Gasteiger partial charge < -0.3 is 9.47 Å². The minimum Gasteiger partial charge on any atom is -0.493 e. The molecule has 0 radical (unpaired) electrons. The highest BCUT2D eigenvalue weighted by atomic mass is 35.5. The third kappa shape index (κ3) is 2.09. The molecule has 0 aliphatic rings. The van der Waals surface area contributed by atoms with Crippen molar-refractivity contribution in [3.63, 3.8) is 0 Å². The van der Waals surface area contributed by atoms with E-state index < -0.39 is 0 Å². The largest absolute Gasteiger partial charge is 0.493 e. The number of hydrogen-bond donors (Lipinski definition) is 0. The van der Waals surface area contributed by atoms with Crippen LogP contribution in [0.25, 0.3) is 0 Å². The summed E-state index contributed by atoms with van der Waals surface area (Å²) in [5.41, 5.74) is 0.742. The van der Waals surface area contributed by atoms with Crippen LogP contribution in [0.2, 0.25) is 5.02 Å². The van der Waals surface area contributed by atoms with Crippen molar-refractivity contribution in [3.05, 3.63) is 22.7 Å². The normalized spacial score (nSPS) is 9.29. The first-order chi connectivity index (χ1) is 6.72. The molecule has 0 saturated heterocycles. The van der Waals surface area contributed by atoms with Gasteiger partial charge in [0.05, 0.1) is 26.7 Å². The van der Waals surface area contributed by atoms with Crippen molar-refractivity contribution in [2.24, 2.45) is 0 Å². The van der Waals surface area contributed by atoms with Crippen LogP contribution in [0.3, 0.4) is 0 Å². The van der Waals surface area contributed by atoms with Gasteiger partial charge in [-0.3, -0.25) is 0 Å². The van der Waals surface area contributed by atoms with E-state index in [4.69, 9.17) is 26.3 Å². The lowest BCUT2D eigenvalue weighted by atomic mass is 10.1. The maximum Gasteiger partial charge on any atom is 0.162 e. The molecule has 1 rings (SSSR count). The highest BCUT2D eigenvalue weighted by molar-refractivity contribution is 6.31. The van der Waals surface area contributed by atoms with Gasteiger partial charge in [-0.25, -0.2) is 0 Å². The van der Waals surface area contributed by atoms with Crippen LogP contribution in [-0.2, 0) is 6.42 Å². The molecule has 0 unspecified atom stereocenters. The van der Waals surface area contributed by atoms with Crippen LogP contribution in [0.4, 0.5) is 0 Å². The summed E-state index contributed by atoms with van der Waals surface area (Å²) < 4.78 is 10.1. The molecule has 0 bridgehead atoms. The predicted octanol–water partition coefficient (Wildman–Crippen LogP) is 2.42. The van der Waals surface area contributed by atoms with Crippen LogP contribution >= 0.6 is 11.6 Å². The average molecular weight is 212 g/mol. The van der Waals surface area contributed by atoms with Gasteiger partial charge in [0.2, 0.25) is 0 Å². The second kappa shape index (κ2) is 4.73. The third-order valence-corrected chi connectivity index (χ3v) is 2.17. The Morgan fingerprint density at radius 3 is 2.36 bits per heavy atom. The summed E-state index contributed by atoms with van der Waals surface area (Å²) in [7, 11) is 3.08. The van der Waals surface area contributed by atoms with Crippen molar-refractivity contribution in [2.75, 3.05) is 14.2 Å². The minimum absolute atomic E-state index is 0.263. The molecular formula is C10H10ClNO2. The molecule has 0 aromatic heterocycles. The van der Waals surface area contributed by atoms with E-state index in [0.29, 0.717) is 16.5 Å². The van der Waals surface area contributed by atoms with E-state index in [1.54, 1.807) is 19.2 Å². The summed E-state index contributed by atoms with van der Waals surface area (Å²) in [5, 5.41) is 9.07. The van der Waals surface area contributed by atoms with Crippen LogP contribution < -0.4 is 9.47 Å². The standard InChI is InChI=1S/C10H10ClNO2/c1-13-9-5-7(3-4-12)8(11)6-10(9)14-2/h5-6H,3H2,1-2H3. The molecule has 0 heterocycles. The zero-order valence-electron chi connectivity index (χ0n) is 8.00. The van der Waals surface area contributed by atoms with Gasteiger partial charge in [0.15, 0.2) is 11.5 Å². The quantitative estimate of drug-likeness (QED) is 0.771. The second-order valence-corrected chi connectivity index (χ2v) is 3.04. The zero-order chi connectivity index (χ0) is 10.6. The maximum atomic E-state index is 8.55. The number of halogens is 1.